The number of halogens is 2. The number of nitrogens with one attached hydrogen (secondary N) is 1. The van der Waals surface area contributed by atoms with Crippen LogP contribution in [0.15, 0.2) is 18.2 Å². The van der Waals surface area contributed by atoms with Gasteiger partial charge in [-0.25, -0.2) is 8.78 Å². The van der Waals surface area contributed by atoms with Crippen molar-refractivity contribution in [2.24, 2.45) is 0 Å². The number of benzene rings is 1. The Balaban J connectivity index is 1.43. The first-order valence-electron chi connectivity index (χ1n) is 8.83. The maximum absolute atomic E-state index is 13.3. The SMILES string of the molecule is Cc1nnc2sc(C(=O)NC3CN(C(=O)c4ccc(F)c(F)c4)C3)c(N)c2c1C. The molecule has 7 nitrogen and oxygen atoms in total. The van der Waals surface area contributed by atoms with Crippen LogP contribution in [0.1, 0.15) is 31.3 Å². The van der Waals surface area contributed by atoms with Crippen LogP contribution in [0.4, 0.5) is 14.5 Å². The Labute approximate surface area is 168 Å². The molecule has 0 spiro atoms. The zero-order valence-corrected chi connectivity index (χ0v) is 16.4. The Morgan fingerprint density at radius 2 is 1.93 bits per heavy atom. The highest BCUT2D eigenvalue weighted by atomic mass is 32.1. The van der Waals surface area contributed by atoms with Crippen molar-refractivity contribution in [2.75, 3.05) is 18.8 Å². The number of rotatable bonds is 3. The summed E-state index contributed by atoms with van der Waals surface area (Å²) < 4.78 is 26.3. The Morgan fingerprint density at radius 1 is 1.21 bits per heavy atom. The fourth-order valence-electron chi connectivity index (χ4n) is 3.21. The van der Waals surface area contributed by atoms with E-state index in [9.17, 15) is 18.4 Å². The van der Waals surface area contributed by atoms with Crippen molar-refractivity contribution in [2.45, 2.75) is 19.9 Å². The molecule has 0 bridgehead atoms. The van der Waals surface area contributed by atoms with Crippen molar-refractivity contribution in [1.29, 1.82) is 0 Å². The smallest absolute Gasteiger partial charge is 0.263 e. The number of hydrogen-bond donors (Lipinski definition) is 2. The standard InChI is InChI=1S/C19H17F2N5O2S/c1-8-9(2)24-25-18-14(8)15(22)16(29-18)17(27)23-11-6-26(7-11)19(28)10-3-4-12(20)13(21)5-10/h3-5,11H,6-7,22H2,1-2H3,(H,23,27). The molecular weight excluding hydrogens is 400 g/mol. The zero-order chi connectivity index (χ0) is 20.9. The van der Waals surface area contributed by atoms with Crippen LogP contribution in [0.5, 0.6) is 0 Å². The number of carbonyl (C=O) groups excluding carboxylic acids is 2. The van der Waals surface area contributed by atoms with Gasteiger partial charge in [-0.05, 0) is 37.6 Å². The number of anilines is 1. The number of amides is 2. The number of aryl methyl sites for hydroxylation is 2. The van der Waals surface area contributed by atoms with E-state index in [0.29, 0.717) is 15.4 Å². The second-order valence-corrected chi connectivity index (χ2v) is 7.94. The molecule has 0 saturated carbocycles. The summed E-state index contributed by atoms with van der Waals surface area (Å²) in [5.74, 6) is -2.84. The Hall–Kier alpha value is -3.14. The van der Waals surface area contributed by atoms with Gasteiger partial charge in [0.05, 0.1) is 17.4 Å². The highest BCUT2D eigenvalue weighted by molar-refractivity contribution is 7.21. The van der Waals surface area contributed by atoms with Crippen LogP contribution in [-0.2, 0) is 0 Å². The second kappa shape index (κ2) is 7.03. The number of hydrogen-bond acceptors (Lipinski definition) is 6. The minimum atomic E-state index is -1.07. The van der Waals surface area contributed by atoms with Crippen LogP contribution in [0.3, 0.4) is 0 Å². The Morgan fingerprint density at radius 3 is 2.62 bits per heavy atom. The van der Waals surface area contributed by atoms with Gasteiger partial charge in [0.15, 0.2) is 11.6 Å². The molecule has 1 aliphatic rings. The summed E-state index contributed by atoms with van der Waals surface area (Å²) >= 11 is 1.17. The molecule has 1 aromatic carbocycles. The number of aromatic nitrogens is 2. The number of nitrogens with zero attached hydrogens (tertiary/aromatic N) is 3. The summed E-state index contributed by atoms with van der Waals surface area (Å²) in [6.45, 7) is 4.25. The lowest BCUT2D eigenvalue weighted by Gasteiger charge is -2.39. The van der Waals surface area contributed by atoms with Crippen LogP contribution >= 0.6 is 11.3 Å². The topological polar surface area (TPSA) is 101 Å². The van der Waals surface area contributed by atoms with Gasteiger partial charge in [0.1, 0.15) is 9.71 Å². The van der Waals surface area contributed by atoms with Crippen molar-refractivity contribution in [1.82, 2.24) is 20.4 Å². The highest BCUT2D eigenvalue weighted by Gasteiger charge is 2.33. The molecule has 1 fully saturated rings. The predicted octanol–water partition coefficient (Wildman–Crippen LogP) is 2.42. The minimum Gasteiger partial charge on any atom is -0.397 e. The van der Waals surface area contributed by atoms with E-state index in [2.05, 4.69) is 15.5 Å². The molecule has 0 unspecified atom stereocenters. The van der Waals surface area contributed by atoms with Crippen molar-refractivity contribution in [3.63, 3.8) is 0 Å². The van der Waals surface area contributed by atoms with Crippen molar-refractivity contribution < 1.29 is 18.4 Å². The zero-order valence-electron chi connectivity index (χ0n) is 15.6. The van der Waals surface area contributed by atoms with E-state index in [1.165, 1.54) is 22.3 Å². The van der Waals surface area contributed by atoms with Crippen molar-refractivity contribution in [3.05, 3.63) is 51.5 Å². The average molecular weight is 417 g/mol. The van der Waals surface area contributed by atoms with Gasteiger partial charge in [-0.1, -0.05) is 0 Å². The first-order chi connectivity index (χ1) is 13.8. The summed E-state index contributed by atoms with van der Waals surface area (Å²) in [5, 5.41) is 11.7. The van der Waals surface area contributed by atoms with Crippen LogP contribution in [0.2, 0.25) is 0 Å². The van der Waals surface area contributed by atoms with Gasteiger partial charge in [0.2, 0.25) is 0 Å². The van der Waals surface area contributed by atoms with Crippen LogP contribution < -0.4 is 11.1 Å². The normalized spacial score (nSPS) is 14.1. The third-order valence-electron chi connectivity index (χ3n) is 5.01. The number of carbonyl (C=O) groups is 2. The minimum absolute atomic E-state index is 0.0619. The lowest BCUT2D eigenvalue weighted by molar-refractivity contribution is 0.0543. The number of nitrogen functional groups attached to an aromatic ring is 1. The van der Waals surface area contributed by atoms with E-state index in [1.54, 1.807) is 0 Å². The number of nitrogens with two attached hydrogens (primary N) is 1. The highest BCUT2D eigenvalue weighted by Crippen LogP contribution is 2.35. The van der Waals surface area contributed by atoms with E-state index in [4.69, 9.17) is 5.73 Å². The molecule has 3 N–H and O–H groups in total. The van der Waals surface area contributed by atoms with Gasteiger partial charge < -0.3 is 16.0 Å². The molecule has 2 amide bonds. The van der Waals surface area contributed by atoms with Crippen LogP contribution in [0.25, 0.3) is 10.2 Å². The lowest BCUT2D eigenvalue weighted by atomic mass is 10.1. The van der Waals surface area contributed by atoms with E-state index in [0.717, 1.165) is 28.8 Å². The van der Waals surface area contributed by atoms with Gasteiger partial charge in [0.25, 0.3) is 11.8 Å². The number of thiophene rings is 1. The summed E-state index contributed by atoms with van der Waals surface area (Å²) in [6, 6.07) is 2.76. The maximum Gasteiger partial charge on any atom is 0.263 e. The maximum atomic E-state index is 13.3. The Bertz CT molecular complexity index is 1160. The van der Waals surface area contributed by atoms with E-state index in [-0.39, 0.29) is 30.6 Å². The van der Waals surface area contributed by atoms with E-state index < -0.39 is 17.5 Å². The first kappa shape index (κ1) is 19.2. The van der Waals surface area contributed by atoms with Crippen molar-refractivity contribution in [3.8, 4) is 0 Å². The van der Waals surface area contributed by atoms with Gasteiger partial charge >= 0.3 is 0 Å². The molecule has 1 saturated heterocycles. The van der Waals surface area contributed by atoms with Gasteiger partial charge in [-0.3, -0.25) is 9.59 Å². The molecule has 1 aliphatic heterocycles. The summed E-state index contributed by atoms with van der Waals surface area (Å²) in [5.41, 5.74) is 8.24. The molecule has 150 valence electrons. The Kier molecular flexibility index (Phi) is 4.65. The summed E-state index contributed by atoms with van der Waals surface area (Å²) in [7, 11) is 0. The lowest BCUT2D eigenvalue weighted by Crippen LogP contribution is -2.60. The number of likely N-dealkylation sites (tertiary alicyclic amines) is 1. The van der Waals surface area contributed by atoms with Gasteiger partial charge in [0, 0.05) is 24.0 Å². The molecule has 3 heterocycles. The van der Waals surface area contributed by atoms with Crippen LogP contribution in [-0.4, -0.2) is 46.0 Å². The fourth-order valence-corrected chi connectivity index (χ4v) is 4.21. The largest absolute Gasteiger partial charge is 0.397 e. The van der Waals surface area contributed by atoms with Gasteiger partial charge in [-0.15, -0.1) is 16.4 Å². The molecule has 0 radical (unpaired) electrons. The molecule has 2 aromatic heterocycles. The monoisotopic (exact) mass is 417 g/mol. The average Bonchev–Trinajstić information content (AvgIpc) is 3.00. The molecule has 4 rings (SSSR count). The van der Waals surface area contributed by atoms with Crippen LogP contribution in [0, 0.1) is 25.5 Å². The quantitative estimate of drug-likeness (QED) is 0.682. The molecule has 0 atom stereocenters. The third-order valence-corrected chi connectivity index (χ3v) is 6.10. The number of fused-ring (bicyclic) bond motifs is 1. The van der Waals surface area contributed by atoms with Gasteiger partial charge in [-0.2, -0.15) is 5.10 Å². The van der Waals surface area contributed by atoms with Crippen molar-refractivity contribution >= 4 is 39.1 Å². The molecule has 0 aliphatic carbocycles. The molecule has 29 heavy (non-hydrogen) atoms. The summed E-state index contributed by atoms with van der Waals surface area (Å²) in [4.78, 5) is 27.4. The van der Waals surface area contributed by atoms with E-state index >= 15 is 0 Å². The molecular formula is C19H17F2N5O2S. The molecule has 10 heteroatoms. The summed E-state index contributed by atoms with van der Waals surface area (Å²) in [6.07, 6.45) is 0. The second-order valence-electron chi connectivity index (χ2n) is 6.94. The molecule has 3 aromatic rings. The van der Waals surface area contributed by atoms with E-state index in [1.807, 2.05) is 13.8 Å². The third kappa shape index (κ3) is 3.29. The first-order valence-corrected chi connectivity index (χ1v) is 9.65. The predicted molar refractivity (Wildman–Crippen MR) is 105 cm³/mol. The fraction of sp³-hybridized carbons (Fsp3) is 0.263.